The Morgan fingerprint density at radius 2 is 1.75 bits per heavy atom. The van der Waals surface area contributed by atoms with E-state index < -0.39 is 0 Å². The molecule has 0 spiro atoms. The number of hydrogen-bond acceptors (Lipinski definition) is 5. The Kier molecular flexibility index (Phi) is 11.5. The van der Waals surface area contributed by atoms with Crippen LogP contribution in [0.5, 0.6) is 0 Å². The summed E-state index contributed by atoms with van der Waals surface area (Å²) in [6.45, 7) is 3.95. The molecule has 2 rings (SSSR count). The van der Waals surface area contributed by atoms with Crippen LogP contribution in [0.25, 0.3) is 11.0 Å². The number of anilines is 1. The van der Waals surface area contributed by atoms with Crippen LogP contribution in [0.15, 0.2) is 39.5 Å². The summed E-state index contributed by atoms with van der Waals surface area (Å²) < 4.78 is 5.18. The van der Waals surface area contributed by atoms with Crippen LogP contribution in [0, 0.1) is 0 Å². The van der Waals surface area contributed by atoms with Crippen LogP contribution in [0.4, 0.5) is 5.69 Å². The van der Waals surface area contributed by atoms with Crippen molar-refractivity contribution in [2.45, 2.75) is 12.8 Å². The third kappa shape index (κ3) is 7.53. The molecule has 0 amide bonds. The molecule has 7 heteroatoms. The van der Waals surface area contributed by atoms with Crippen LogP contribution in [-0.4, -0.2) is 45.2 Å². The van der Waals surface area contributed by atoms with Crippen LogP contribution < -0.4 is 16.3 Å². The van der Waals surface area contributed by atoms with Crippen molar-refractivity contribution in [1.82, 2.24) is 10.2 Å². The van der Waals surface area contributed by atoms with Crippen molar-refractivity contribution in [2.24, 2.45) is 0 Å². The highest BCUT2D eigenvalue weighted by atomic mass is 35.5. The highest BCUT2D eigenvalue weighted by Gasteiger charge is 2.03. The van der Waals surface area contributed by atoms with E-state index in [2.05, 4.69) is 29.6 Å². The predicted molar refractivity (Wildman–Crippen MR) is 106 cm³/mol. The molecule has 2 aromatic rings. The van der Waals surface area contributed by atoms with E-state index in [-0.39, 0.29) is 30.4 Å². The van der Waals surface area contributed by atoms with Gasteiger partial charge in [-0.25, -0.2) is 4.79 Å². The number of para-hydroxylation sites is 1. The smallest absolute Gasteiger partial charge is 0.338 e. The van der Waals surface area contributed by atoms with Gasteiger partial charge in [-0.1, -0.05) is 12.1 Å². The van der Waals surface area contributed by atoms with Gasteiger partial charge in [0.05, 0.1) is 5.69 Å². The van der Waals surface area contributed by atoms with Crippen LogP contribution in [0.1, 0.15) is 12.8 Å². The maximum Gasteiger partial charge on any atom is 0.338 e. The molecule has 0 aliphatic carbocycles. The Morgan fingerprint density at radius 1 is 1.04 bits per heavy atom. The second-order valence-electron chi connectivity index (χ2n) is 5.66. The van der Waals surface area contributed by atoms with Gasteiger partial charge in [0.15, 0.2) is 0 Å². The topological polar surface area (TPSA) is 57.5 Å². The van der Waals surface area contributed by atoms with Crippen molar-refractivity contribution in [3.63, 3.8) is 0 Å². The van der Waals surface area contributed by atoms with Crippen LogP contribution in [0.3, 0.4) is 0 Å². The summed E-state index contributed by atoms with van der Waals surface area (Å²) in [5.41, 5.74) is 1.15. The van der Waals surface area contributed by atoms with Gasteiger partial charge in [0, 0.05) is 18.0 Å². The van der Waals surface area contributed by atoms with E-state index in [0.29, 0.717) is 5.58 Å². The summed E-state index contributed by atoms with van der Waals surface area (Å²) in [5.74, 6) is 0. The first-order chi connectivity index (χ1) is 10.7. The van der Waals surface area contributed by atoms with Crippen LogP contribution in [0.2, 0.25) is 0 Å². The highest BCUT2D eigenvalue weighted by molar-refractivity contribution is 5.89. The van der Waals surface area contributed by atoms with E-state index >= 15 is 0 Å². The SMILES string of the molecule is CN(C)CCCNCCCNc1cc(=O)oc2ccccc12.Cl.Cl. The Hall–Kier alpha value is -1.27. The molecule has 136 valence electrons. The van der Waals surface area contributed by atoms with Crippen molar-refractivity contribution < 1.29 is 4.42 Å². The summed E-state index contributed by atoms with van der Waals surface area (Å²) in [6.07, 6.45) is 2.17. The van der Waals surface area contributed by atoms with E-state index in [0.717, 1.165) is 50.1 Å². The van der Waals surface area contributed by atoms with Gasteiger partial charge in [-0.2, -0.15) is 0 Å². The zero-order chi connectivity index (χ0) is 15.8. The number of benzene rings is 1. The van der Waals surface area contributed by atoms with Gasteiger partial charge in [0.1, 0.15) is 5.58 Å². The molecule has 5 nitrogen and oxygen atoms in total. The molecule has 0 saturated heterocycles. The molecular weight excluding hydrogens is 349 g/mol. The second kappa shape index (κ2) is 12.1. The molecule has 1 aromatic heterocycles. The Balaban J connectivity index is 0.00000264. The van der Waals surface area contributed by atoms with E-state index in [1.54, 1.807) is 0 Å². The van der Waals surface area contributed by atoms with E-state index in [4.69, 9.17) is 4.42 Å². The first-order valence-corrected chi connectivity index (χ1v) is 7.79. The minimum absolute atomic E-state index is 0. The van der Waals surface area contributed by atoms with Gasteiger partial charge >= 0.3 is 5.63 Å². The average molecular weight is 376 g/mol. The summed E-state index contributed by atoms with van der Waals surface area (Å²) in [7, 11) is 4.18. The van der Waals surface area contributed by atoms with Crippen molar-refractivity contribution in [3.05, 3.63) is 40.8 Å². The molecule has 24 heavy (non-hydrogen) atoms. The lowest BCUT2D eigenvalue weighted by Gasteiger charge is -2.11. The molecule has 0 unspecified atom stereocenters. The standard InChI is InChI=1S/C17H25N3O2.2ClH/c1-20(2)12-6-10-18-9-5-11-19-15-13-17(21)22-16-8-4-3-7-14(15)16;;/h3-4,7-8,13,18-19H,5-6,9-12H2,1-2H3;2*1H. The summed E-state index contributed by atoms with van der Waals surface area (Å²) in [5, 5.41) is 7.70. The predicted octanol–water partition coefficient (Wildman–Crippen LogP) is 2.98. The lowest BCUT2D eigenvalue weighted by Crippen LogP contribution is -2.23. The van der Waals surface area contributed by atoms with Gasteiger partial charge in [-0.05, 0) is 58.7 Å². The van der Waals surface area contributed by atoms with E-state index in [1.807, 2.05) is 24.3 Å². The molecule has 0 fully saturated rings. The van der Waals surface area contributed by atoms with Crippen molar-refractivity contribution in [1.29, 1.82) is 0 Å². The molecule has 0 bridgehead atoms. The molecule has 0 aliphatic rings. The molecule has 0 saturated carbocycles. The Bertz CT molecular complexity index is 647. The minimum atomic E-state index is -0.317. The zero-order valence-corrected chi connectivity index (χ0v) is 15.8. The van der Waals surface area contributed by atoms with E-state index in [9.17, 15) is 4.79 Å². The van der Waals surface area contributed by atoms with Crippen molar-refractivity contribution in [2.75, 3.05) is 45.6 Å². The number of rotatable bonds is 9. The molecular formula is C17H27Cl2N3O2. The normalized spacial score (nSPS) is 10.3. The number of hydrogen-bond donors (Lipinski definition) is 2. The molecule has 0 radical (unpaired) electrons. The Labute approximate surface area is 155 Å². The second-order valence-corrected chi connectivity index (χ2v) is 5.66. The quantitative estimate of drug-likeness (QED) is 0.521. The fraction of sp³-hybridized carbons (Fsp3) is 0.471. The molecule has 0 aliphatic heterocycles. The maximum absolute atomic E-state index is 11.5. The van der Waals surface area contributed by atoms with Gasteiger partial charge in [0.2, 0.25) is 0 Å². The Morgan fingerprint density at radius 3 is 2.50 bits per heavy atom. The van der Waals surface area contributed by atoms with Gasteiger partial charge < -0.3 is 20.0 Å². The van der Waals surface area contributed by atoms with Crippen molar-refractivity contribution >= 4 is 41.5 Å². The monoisotopic (exact) mass is 375 g/mol. The number of nitrogens with zero attached hydrogens (tertiary/aromatic N) is 1. The summed E-state index contributed by atoms with van der Waals surface area (Å²) in [6, 6.07) is 9.10. The maximum atomic E-state index is 11.5. The van der Waals surface area contributed by atoms with Crippen LogP contribution >= 0.6 is 24.8 Å². The lowest BCUT2D eigenvalue weighted by molar-refractivity contribution is 0.394. The zero-order valence-electron chi connectivity index (χ0n) is 14.2. The third-order valence-corrected chi connectivity index (χ3v) is 3.45. The van der Waals surface area contributed by atoms with Gasteiger partial charge in [0.25, 0.3) is 0 Å². The molecule has 2 N–H and O–H groups in total. The lowest BCUT2D eigenvalue weighted by atomic mass is 10.2. The molecule has 0 atom stereocenters. The first-order valence-electron chi connectivity index (χ1n) is 7.79. The van der Waals surface area contributed by atoms with E-state index in [1.165, 1.54) is 6.07 Å². The average Bonchev–Trinajstić information content (AvgIpc) is 2.49. The van der Waals surface area contributed by atoms with Crippen LogP contribution in [-0.2, 0) is 0 Å². The number of nitrogens with one attached hydrogen (secondary N) is 2. The summed E-state index contributed by atoms with van der Waals surface area (Å²) in [4.78, 5) is 13.7. The van der Waals surface area contributed by atoms with Gasteiger partial charge in [-0.15, -0.1) is 24.8 Å². The third-order valence-electron chi connectivity index (χ3n) is 3.45. The largest absolute Gasteiger partial charge is 0.423 e. The minimum Gasteiger partial charge on any atom is -0.423 e. The fourth-order valence-electron chi connectivity index (χ4n) is 2.34. The molecule has 1 heterocycles. The fourth-order valence-corrected chi connectivity index (χ4v) is 2.34. The first kappa shape index (κ1) is 22.7. The van der Waals surface area contributed by atoms with Gasteiger partial charge in [-0.3, -0.25) is 0 Å². The number of halogens is 2. The van der Waals surface area contributed by atoms with Crippen molar-refractivity contribution in [3.8, 4) is 0 Å². The highest BCUT2D eigenvalue weighted by Crippen LogP contribution is 2.20. The summed E-state index contributed by atoms with van der Waals surface area (Å²) >= 11 is 0. The number of fused-ring (bicyclic) bond motifs is 1. The molecule has 1 aromatic carbocycles.